The number of alkyl halides is 3. The number of halogens is 3. The lowest BCUT2D eigenvalue weighted by atomic mass is 10.2. The van der Waals surface area contributed by atoms with E-state index in [0.29, 0.717) is 13.0 Å². The maximum atomic E-state index is 12.2. The summed E-state index contributed by atoms with van der Waals surface area (Å²) in [6, 6.07) is 0.969. The molecule has 0 radical (unpaired) electrons. The number of hydrogen-bond donors (Lipinski definition) is 1. The Morgan fingerprint density at radius 1 is 1.33 bits per heavy atom. The largest absolute Gasteiger partial charge is 0.417 e. The number of nitrogens with zero attached hydrogens (tertiary/aromatic N) is 1. The van der Waals surface area contributed by atoms with E-state index in [4.69, 9.17) is 5.73 Å². The Kier molecular flexibility index (Phi) is 3.69. The Labute approximate surface area is 85.3 Å². The van der Waals surface area contributed by atoms with Crippen LogP contribution in [0.2, 0.25) is 0 Å². The van der Waals surface area contributed by atoms with E-state index in [1.807, 2.05) is 0 Å². The van der Waals surface area contributed by atoms with Crippen molar-refractivity contribution < 1.29 is 13.2 Å². The van der Waals surface area contributed by atoms with Crippen molar-refractivity contribution in [2.24, 2.45) is 5.73 Å². The maximum absolute atomic E-state index is 12.2. The molecule has 0 aliphatic heterocycles. The molecule has 5 heteroatoms. The summed E-state index contributed by atoms with van der Waals surface area (Å²) in [7, 11) is 0. The summed E-state index contributed by atoms with van der Waals surface area (Å²) in [5, 5.41) is 0. The highest BCUT2D eigenvalue weighted by molar-refractivity contribution is 5.35. The molecule has 1 rings (SSSR count). The highest BCUT2D eigenvalue weighted by atomic mass is 19.4. The Morgan fingerprint density at radius 3 is 2.67 bits per heavy atom. The molecule has 15 heavy (non-hydrogen) atoms. The molecule has 0 unspecified atom stereocenters. The minimum atomic E-state index is -4.38. The first-order valence-electron chi connectivity index (χ1n) is 4.25. The van der Waals surface area contributed by atoms with Crippen molar-refractivity contribution in [3.63, 3.8) is 0 Å². The van der Waals surface area contributed by atoms with Crippen LogP contribution in [-0.2, 0) is 6.18 Å². The summed E-state index contributed by atoms with van der Waals surface area (Å²) in [5.41, 5.74) is 4.65. The van der Waals surface area contributed by atoms with Gasteiger partial charge in [-0.05, 0) is 6.07 Å². The Hall–Kier alpha value is -1.54. The van der Waals surface area contributed by atoms with E-state index < -0.39 is 11.7 Å². The van der Waals surface area contributed by atoms with Crippen LogP contribution in [0.3, 0.4) is 0 Å². The van der Waals surface area contributed by atoms with Crippen molar-refractivity contribution >= 4 is 0 Å². The van der Waals surface area contributed by atoms with E-state index in [0.717, 1.165) is 12.3 Å². The molecule has 1 heterocycles. The van der Waals surface area contributed by atoms with Gasteiger partial charge >= 0.3 is 6.18 Å². The van der Waals surface area contributed by atoms with Crippen LogP contribution in [0.25, 0.3) is 0 Å². The van der Waals surface area contributed by atoms with Gasteiger partial charge in [-0.3, -0.25) is 4.98 Å². The summed E-state index contributed by atoms with van der Waals surface area (Å²) < 4.78 is 36.7. The smallest absolute Gasteiger partial charge is 0.330 e. The van der Waals surface area contributed by atoms with E-state index in [1.165, 1.54) is 6.20 Å². The fourth-order valence-electron chi connectivity index (χ4n) is 0.900. The monoisotopic (exact) mass is 214 g/mol. The molecule has 0 spiro atoms. The molecule has 0 aliphatic carbocycles. The number of rotatable bonds is 1. The molecule has 0 amide bonds. The van der Waals surface area contributed by atoms with Gasteiger partial charge in [0.25, 0.3) is 0 Å². The normalized spacial score (nSPS) is 10.7. The van der Waals surface area contributed by atoms with Crippen LogP contribution in [0.1, 0.15) is 17.5 Å². The Morgan fingerprint density at radius 2 is 2.07 bits per heavy atom. The van der Waals surface area contributed by atoms with Crippen molar-refractivity contribution in [1.29, 1.82) is 0 Å². The number of hydrogen-bond acceptors (Lipinski definition) is 2. The fourth-order valence-corrected chi connectivity index (χ4v) is 0.900. The molecular weight excluding hydrogens is 205 g/mol. The summed E-state index contributed by atoms with van der Waals surface area (Å²) in [5.74, 6) is 5.21. The van der Waals surface area contributed by atoms with Crippen LogP contribution in [-0.4, -0.2) is 11.5 Å². The number of aromatic nitrogens is 1. The molecule has 0 aromatic carbocycles. The fraction of sp³-hybridized carbons (Fsp3) is 0.300. The molecule has 0 fully saturated rings. The topological polar surface area (TPSA) is 38.9 Å². The van der Waals surface area contributed by atoms with Crippen molar-refractivity contribution in [1.82, 2.24) is 4.98 Å². The quantitative estimate of drug-likeness (QED) is 0.724. The molecule has 0 bridgehead atoms. The molecule has 0 saturated carbocycles. The molecule has 2 N–H and O–H groups in total. The van der Waals surface area contributed by atoms with Crippen molar-refractivity contribution in [2.45, 2.75) is 12.6 Å². The van der Waals surface area contributed by atoms with Gasteiger partial charge in [-0.2, -0.15) is 13.2 Å². The van der Waals surface area contributed by atoms with Crippen LogP contribution >= 0.6 is 0 Å². The lowest BCUT2D eigenvalue weighted by Gasteiger charge is -2.04. The summed E-state index contributed by atoms with van der Waals surface area (Å²) >= 11 is 0. The van der Waals surface area contributed by atoms with Gasteiger partial charge < -0.3 is 5.73 Å². The molecule has 2 nitrogen and oxygen atoms in total. The lowest BCUT2D eigenvalue weighted by molar-refractivity contribution is -0.137. The number of nitrogens with two attached hydrogens (primary N) is 1. The third-order valence-corrected chi connectivity index (χ3v) is 1.57. The van der Waals surface area contributed by atoms with Gasteiger partial charge in [0.15, 0.2) is 0 Å². The first-order chi connectivity index (χ1) is 7.04. The predicted octanol–water partition coefficient (Wildman–Crippen LogP) is 1.80. The minimum Gasteiger partial charge on any atom is -0.330 e. The Bertz CT molecular complexity index is 388. The average molecular weight is 214 g/mol. The second-order valence-electron chi connectivity index (χ2n) is 2.80. The summed E-state index contributed by atoms with van der Waals surface area (Å²) in [6.07, 6.45) is -1.86. The molecule has 1 aromatic heterocycles. The van der Waals surface area contributed by atoms with E-state index >= 15 is 0 Å². The predicted molar refractivity (Wildman–Crippen MR) is 49.8 cm³/mol. The second kappa shape index (κ2) is 4.80. The van der Waals surface area contributed by atoms with E-state index in [-0.39, 0.29) is 5.56 Å². The molecule has 0 saturated heterocycles. The first-order valence-corrected chi connectivity index (χ1v) is 4.25. The van der Waals surface area contributed by atoms with Crippen LogP contribution in [0.15, 0.2) is 18.5 Å². The zero-order chi connectivity index (χ0) is 11.3. The first kappa shape index (κ1) is 11.5. The van der Waals surface area contributed by atoms with Crippen LogP contribution in [0.4, 0.5) is 13.2 Å². The highest BCUT2D eigenvalue weighted by Gasteiger charge is 2.30. The minimum absolute atomic E-state index is 0.248. The van der Waals surface area contributed by atoms with Crippen molar-refractivity contribution in [2.75, 3.05) is 6.54 Å². The second-order valence-corrected chi connectivity index (χ2v) is 2.80. The average Bonchev–Trinajstić information content (AvgIpc) is 2.17. The number of pyridine rings is 1. The third-order valence-electron chi connectivity index (χ3n) is 1.57. The SMILES string of the molecule is NCCC#Cc1cncc(C(F)(F)F)c1. The van der Waals surface area contributed by atoms with Crippen LogP contribution in [0, 0.1) is 11.8 Å². The van der Waals surface area contributed by atoms with E-state index in [9.17, 15) is 13.2 Å². The van der Waals surface area contributed by atoms with E-state index in [1.54, 1.807) is 0 Å². The molecule has 0 aliphatic rings. The highest BCUT2D eigenvalue weighted by Crippen LogP contribution is 2.28. The van der Waals surface area contributed by atoms with Gasteiger partial charge in [0, 0.05) is 30.9 Å². The molecule has 0 atom stereocenters. The lowest BCUT2D eigenvalue weighted by Crippen LogP contribution is -2.05. The molecular formula is C10H9F3N2. The van der Waals surface area contributed by atoms with Gasteiger partial charge in [-0.15, -0.1) is 0 Å². The van der Waals surface area contributed by atoms with Gasteiger partial charge in [0.1, 0.15) is 0 Å². The van der Waals surface area contributed by atoms with Gasteiger partial charge in [0.05, 0.1) is 5.56 Å². The summed E-state index contributed by atoms with van der Waals surface area (Å²) in [6.45, 7) is 0.388. The molecule has 80 valence electrons. The van der Waals surface area contributed by atoms with Crippen molar-refractivity contribution in [3.05, 3.63) is 29.6 Å². The zero-order valence-electron chi connectivity index (χ0n) is 7.80. The van der Waals surface area contributed by atoms with Gasteiger partial charge in [0.2, 0.25) is 0 Å². The van der Waals surface area contributed by atoms with Crippen LogP contribution < -0.4 is 5.73 Å². The maximum Gasteiger partial charge on any atom is 0.417 e. The van der Waals surface area contributed by atoms with E-state index in [2.05, 4.69) is 16.8 Å². The third kappa shape index (κ3) is 3.60. The van der Waals surface area contributed by atoms with Crippen LogP contribution in [0.5, 0.6) is 0 Å². The Balaban J connectivity index is 2.90. The molecule has 1 aromatic rings. The van der Waals surface area contributed by atoms with Gasteiger partial charge in [-0.25, -0.2) is 0 Å². The standard InChI is InChI=1S/C10H9F3N2/c11-10(12,13)9-5-8(6-15-7-9)3-1-2-4-14/h5-7H,2,4,14H2. The zero-order valence-corrected chi connectivity index (χ0v) is 7.80. The summed E-state index contributed by atoms with van der Waals surface area (Å²) in [4.78, 5) is 3.48. The van der Waals surface area contributed by atoms with Gasteiger partial charge in [-0.1, -0.05) is 11.8 Å². The van der Waals surface area contributed by atoms with Crippen molar-refractivity contribution in [3.8, 4) is 11.8 Å².